The first-order valence-corrected chi connectivity index (χ1v) is 7.48. The van der Waals surface area contributed by atoms with E-state index in [-0.39, 0.29) is 11.1 Å². The smallest absolute Gasteiger partial charge is 0.157 e. The molecule has 0 amide bonds. The summed E-state index contributed by atoms with van der Waals surface area (Å²) in [4.78, 5) is 4.87. The number of hydrogen-bond acceptors (Lipinski definition) is 3. The first kappa shape index (κ1) is 13.2. The van der Waals surface area contributed by atoms with Crippen LogP contribution in [0, 0.1) is 0 Å². The zero-order chi connectivity index (χ0) is 12.5. The van der Waals surface area contributed by atoms with Gasteiger partial charge in [-0.1, -0.05) is 11.8 Å². The van der Waals surface area contributed by atoms with E-state index in [0.29, 0.717) is 6.04 Å². The zero-order valence-corrected chi connectivity index (χ0v) is 12.2. The normalized spacial score (nSPS) is 34.4. The van der Waals surface area contributed by atoms with Crippen LogP contribution in [0.3, 0.4) is 0 Å². The summed E-state index contributed by atoms with van der Waals surface area (Å²) >= 11 is 1.86. The molecule has 3 nitrogen and oxygen atoms in total. The number of nitrogens with zero attached hydrogens (tertiary/aromatic N) is 1. The van der Waals surface area contributed by atoms with Gasteiger partial charge in [-0.25, -0.2) is 0 Å². The fourth-order valence-electron chi connectivity index (χ4n) is 2.34. The zero-order valence-electron chi connectivity index (χ0n) is 11.4. The van der Waals surface area contributed by atoms with Gasteiger partial charge in [-0.05, 0) is 47.0 Å². The van der Waals surface area contributed by atoms with Crippen molar-refractivity contribution in [3.63, 3.8) is 0 Å². The van der Waals surface area contributed by atoms with E-state index in [1.165, 1.54) is 12.2 Å². The summed E-state index contributed by atoms with van der Waals surface area (Å²) in [6.45, 7) is 9.64. The van der Waals surface area contributed by atoms with E-state index in [0.717, 1.165) is 24.6 Å². The number of nitrogens with one attached hydrogen (secondary N) is 1. The van der Waals surface area contributed by atoms with Gasteiger partial charge in [0, 0.05) is 17.9 Å². The highest BCUT2D eigenvalue weighted by Gasteiger charge is 2.30. The maximum atomic E-state index is 5.73. The van der Waals surface area contributed by atoms with Gasteiger partial charge < -0.3 is 10.1 Å². The summed E-state index contributed by atoms with van der Waals surface area (Å²) in [7, 11) is 0. The highest BCUT2D eigenvalue weighted by Crippen LogP contribution is 2.28. The predicted molar refractivity (Wildman–Crippen MR) is 74.8 cm³/mol. The van der Waals surface area contributed by atoms with Crippen molar-refractivity contribution in [2.24, 2.45) is 4.99 Å². The summed E-state index contributed by atoms with van der Waals surface area (Å²) in [6.07, 6.45) is 3.28. The van der Waals surface area contributed by atoms with Gasteiger partial charge in [0.05, 0.1) is 11.6 Å². The van der Waals surface area contributed by atoms with Gasteiger partial charge in [0.2, 0.25) is 0 Å². The Bertz CT molecular complexity index is 313. The van der Waals surface area contributed by atoms with Crippen LogP contribution in [0.5, 0.6) is 0 Å². The highest BCUT2D eigenvalue weighted by atomic mass is 32.2. The van der Waals surface area contributed by atoms with Crippen LogP contribution in [0.15, 0.2) is 4.99 Å². The molecule has 2 fully saturated rings. The van der Waals surface area contributed by atoms with E-state index in [1.807, 2.05) is 11.8 Å². The lowest BCUT2D eigenvalue weighted by molar-refractivity contribution is -0.0575. The first-order valence-electron chi connectivity index (χ1n) is 6.49. The Hall–Kier alpha value is -0.220. The van der Waals surface area contributed by atoms with Gasteiger partial charge in [0.15, 0.2) is 5.17 Å². The lowest BCUT2D eigenvalue weighted by Crippen LogP contribution is -2.47. The van der Waals surface area contributed by atoms with Crippen molar-refractivity contribution in [1.29, 1.82) is 0 Å². The molecule has 2 aliphatic rings. The second kappa shape index (κ2) is 4.81. The molecule has 1 N–H and O–H groups in total. The number of hydrogen-bond donors (Lipinski definition) is 1. The van der Waals surface area contributed by atoms with Crippen LogP contribution in [0.2, 0.25) is 0 Å². The van der Waals surface area contributed by atoms with Crippen molar-refractivity contribution >= 4 is 16.9 Å². The summed E-state index contributed by atoms with van der Waals surface area (Å²) in [5.74, 6) is 1.17. The van der Waals surface area contributed by atoms with Crippen molar-refractivity contribution < 1.29 is 4.74 Å². The molecule has 0 spiro atoms. The minimum atomic E-state index is -0.0121. The largest absolute Gasteiger partial charge is 0.375 e. The molecular formula is C13H24N2OS. The maximum Gasteiger partial charge on any atom is 0.157 e. The Morgan fingerprint density at radius 3 is 2.76 bits per heavy atom. The average molecular weight is 256 g/mol. The van der Waals surface area contributed by atoms with Crippen molar-refractivity contribution in [2.75, 3.05) is 12.4 Å². The SMILES string of the molecule is CC1(C)CCSC(=NC2CCOC(C)(C)C2)N1. The number of amidine groups is 1. The van der Waals surface area contributed by atoms with Gasteiger partial charge in [0.25, 0.3) is 0 Å². The molecule has 0 bridgehead atoms. The molecule has 0 aromatic carbocycles. The lowest BCUT2D eigenvalue weighted by Gasteiger charge is -2.36. The lowest BCUT2D eigenvalue weighted by atomic mass is 9.94. The molecule has 1 atom stereocenters. The summed E-state index contributed by atoms with van der Waals surface area (Å²) < 4.78 is 5.73. The fraction of sp³-hybridized carbons (Fsp3) is 0.923. The molecule has 2 saturated heterocycles. The third-order valence-electron chi connectivity index (χ3n) is 3.38. The Labute approximate surface area is 109 Å². The quantitative estimate of drug-likeness (QED) is 0.783. The minimum Gasteiger partial charge on any atom is -0.375 e. The third-order valence-corrected chi connectivity index (χ3v) is 4.27. The van der Waals surface area contributed by atoms with Gasteiger partial charge >= 0.3 is 0 Å². The van der Waals surface area contributed by atoms with Gasteiger partial charge in [-0.3, -0.25) is 4.99 Å². The van der Waals surface area contributed by atoms with Crippen LogP contribution >= 0.6 is 11.8 Å². The van der Waals surface area contributed by atoms with Crippen molar-refractivity contribution in [1.82, 2.24) is 5.32 Å². The fourth-order valence-corrected chi connectivity index (χ4v) is 3.71. The van der Waals surface area contributed by atoms with Crippen LogP contribution in [0.4, 0.5) is 0 Å². The maximum absolute atomic E-state index is 5.73. The van der Waals surface area contributed by atoms with Crippen molar-refractivity contribution in [2.45, 2.75) is 64.1 Å². The molecule has 2 heterocycles. The second-order valence-electron chi connectivity index (χ2n) is 6.30. The van der Waals surface area contributed by atoms with E-state index in [1.54, 1.807) is 0 Å². The van der Waals surface area contributed by atoms with Crippen LogP contribution in [0.25, 0.3) is 0 Å². The van der Waals surface area contributed by atoms with Crippen molar-refractivity contribution in [3.05, 3.63) is 0 Å². The van der Waals surface area contributed by atoms with Crippen molar-refractivity contribution in [3.8, 4) is 0 Å². The molecule has 4 heteroatoms. The average Bonchev–Trinajstić information content (AvgIpc) is 2.13. The van der Waals surface area contributed by atoms with E-state index < -0.39 is 0 Å². The molecule has 0 aromatic rings. The predicted octanol–water partition coefficient (Wildman–Crippen LogP) is 2.81. The third kappa shape index (κ3) is 3.88. The van der Waals surface area contributed by atoms with Crippen LogP contribution in [0.1, 0.15) is 47.0 Å². The van der Waals surface area contributed by atoms with E-state index in [4.69, 9.17) is 9.73 Å². The van der Waals surface area contributed by atoms with Crippen LogP contribution in [-0.2, 0) is 4.74 Å². The Morgan fingerprint density at radius 2 is 2.12 bits per heavy atom. The van der Waals surface area contributed by atoms with E-state index in [9.17, 15) is 0 Å². The molecule has 0 saturated carbocycles. The van der Waals surface area contributed by atoms with Gasteiger partial charge in [0.1, 0.15) is 0 Å². The molecule has 2 aliphatic heterocycles. The van der Waals surface area contributed by atoms with Gasteiger partial charge in [-0.2, -0.15) is 0 Å². The number of aliphatic imine (C=N–C) groups is 1. The first-order chi connectivity index (χ1) is 7.86. The topological polar surface area (TPSA) is 33.6 Å². The van der Waals surface area contributed by atoms with Gasteiger partial charge in [-0.15, -0.1) is 0 Å². The molecule has 98 valence electrons. The minimum absolute atomic E-state index is 0.0121. The summed E-state index contributed by atoms with van der Waals surface area (Å²) in [5, 5.41) is 4.67. The standard InChI is InChI=1S/C13H24N2OS/c1-12(2)6-8-17-11(15-12)14-10-5-7-16-13(3,4)9-10/h10H,5-9H2,1-4H3,(H,14,15). The van der Waals surface area contributed by atoms with Crippen LogP contribution < -0.4 is 5.32 Å². The Kier molecular flexibility index (Phi) is 3.74. The number of thioether (sulfide) groups is 1. The molecule has 0 aromatic heterocycles. The molecule has 0 aliphatic carbocycles. The summed E-state index contributed by atoms with van der Waals surface area (Å²) in [6, 6.07) is 0.419. The molecule has 17 heavy (non-hydrogen) atoms. The monoisotopic (exact) mass is 256 g/mol. The summed E-state index contributed by atoms with van der Waals surface area (Å²) in [5.41, 5.74) is 0.187. The molecule has 1 unspecified atom stereocenters. The highest BCUT2D eigenvalue weighted by molar-refractivity contribution is 8.13. The molecule has 2 rings (SSSR count). The molecular weight excluding hydrogens is 232 g/mol. The van der Waals surface area contributed by atoms with Crippen LogP contribution in [-0.4, -0.2) is 34.7 Å². The van der Waals surface area contributed by atoms with E-state index in [2.05, 4.69) is 33.0 Å². The number of rotatable bonds is 1. The number of ether oxygens (including phenoxy) is 1. The Balaban J connectivity index is 1.99. The Morgan fingerprint density at radius 1 is 1.35 bits per heavy atom. The molecule has 0 radical (unpaired) electrons. The second-order valence-corrected chi connectivity index (χ2v) is 7.38. The van der Waals surface area contributed by atoms with E-state index >= 15 is 0 Å².